The number of primary amides is 1. The minimum atomic E-state index is -0.637. The maximum atomic E-state index is 10.6. The number of carbonyl (C=O) groups is 1. The van der Waals surface area contributed by atoms with Crippen LogP contribution in [0.1, 0.15) is 0 Å². The van der Waals surface area contributed by atoms with Crippen molar-refractivity contribution in [1.82, 2.24) is 0 Å². The Hall–Kier alpha value is -2.15. The highest BCUT2D eigenvalue weighted by molar-refractivity contribution is 5.89. The number of benzene rings is 1. The molecule has 1 aromatic carbocycles. The number of nitrogens with one attached hydrogen (secondary N) is 1. The van der Waals surface area contributed by atoms with Gasteiger partial charge in [0.05, 0.1) is 5.69 Å². The number of hydrogen-bond acceptors (Lipinski definition) is 2. The number of para-hydroxylation sites is 2. The highest BCUT2D eigenvalue weighted by Crippen LogP contribution is 2.23. The molecule has 0 fully saturated rings. The number of amides is 2. The van der Waals surface area contributed by atoms with Crippen LogP contribution in [0.4, 0.5) is 10.5 Å². The first kappa shape index (κ1) is 9.93. The van der Waals surface area contributed by atoms with E-state index in [1.165, 1.54) is 0 Å². The van der Waals surface area contributed by atoms with Gasteiger partial charge in [0.25, 0.3) is 0 Å². The molecule has 4 heteroatoms. The fourth-order valence-corrected chi connectivity index (χ4v) is 0.948. The Morgan fingerprint density at radius 2 is 2.29 bits per heavy atom. The van der Waals surface area contributed by atoms with Crippen LogP contribution < -0.4 is 15.8 Å². The van der Waals surface area contributed by atoms with Gasteiger partial charge in [-0.05, 0) is 12.1 Å². The Labute approximate surface area is 82.1 Å². The standard InChI is InChI=1S/C10H10N2O2/c1-2-7-14-9-6-4-3-5-8(9)12-10(11)13/h1,3-6H,7H2,(H3,11,12,13). The Kier molecular flexibility index (Phi) is 3.39. The highest BCUT2D eigenvalue weighted by Gasteiger charge is 2.03. The summed E-state index contributed by atoms with van der Waals surface area (Å²) in [4.78, 5) is 10.6. The first-order valence-corrected chi connectivity index (χ1v) is 3.96. The van der Waals surface area contributed by atoms with Crippen molar-refractivity contribution in [2.24, 2.45) is 5.73 Å². The number of ether oxygens (including phenoxy) is 1. The molecule has 14 heavy (non-hydrogen) atoms. The van der Waals surface area contributed by atoms with Gasteiger partial charge >= 0.3 is 6.03 Å². The van der Waals surface area contributed by atoms with Crippen LogP contribution >= 0.6 is 0 Å². The molecule has 1 rings (SSSR count). The maximum Gasteiger partial charge on any atom is 0.316 e. The molecule has 0 saturated heterocycles. The van der Waals surface area contributed by atoms with Crippen molar-refractivity contribution in [2.75, 3.05) is 11.9 Å². The fourth-order valence-electron chi connectivity index (χ4n) is 0.948. The minimum Gasteiger partial charge on any atom is -0.479 e. The largest absolute Gasteiger partial charge is 0.479 e. The summed E-state index contributed by atoms with van der Waals surface area (Å²) in [5, 5.41) is 2.43. The topological polar surface area (TPSA) is 64.3 Å². The molecule has 2 amide bonds. The monoisotopic (exact) mass is 190 g/mol. The van der Waals surface area contributed by atoms with E-state index in [2.05, 4.69) is 11.2 Å². The van der Waals surface area contributed by atoms with Gasteiger partial charge in [0.1, 0.15) is 12.4 Å². The molecule has 0 aromatic heterocycles. The third-order valence-corrected chi connectivity index (χ3v) is 1.46. The first-order valence-electron chi connectivity index (χ1n) is 3.96. The second-order valence-corrected chi connectivity index (χ2v) is 2.48. The van der Waals surface area contributed by atoms with Gasteiger partial charge in [-0.1, -0.05) is 18.1 Å². The summed E-state index contributed by atoms with van der Waals surface area (Å²) in [7, 11) is 0. The van der Waals surface area contributed by atoms with Crippen molar-refractivity contribution < 1.29 is 9.53 Å². The lowest BCUT2D eigenvalue weighted by molar-refractivity contribution is 0.259. The smallest absolute Gasteiger partial charge is 0.316 e. The zero-order chi connectivity index (χ0) is 10.4. The maximum absolute atomic E-state index is 10.6. The van der Waals surface area contributed by atoms with Crippen LogP contribution in [0.2, 0.25) is 0 Å². The van der Waals surface area contributed by atoms with Crippen molar-refractivity contribution in [1.29, 1.82) is 0 Å². The SMILES string of the molecule is C#CCOc1ccccc1NC(N)=O. The number of anilines is 1. The zero-order valence-electron chi connectivity index (χ0n) is 7.49. The van der Waals surface area contributed by atoms with E-state index in [9.17, 15) is 4.79 Å². The average molecular weight is 190 g/mol. The van der Waals surface area contributed by atoms with E-state index in [-0.39, 0.29) is 6.61 Å². The lowest BCUT2D eigenvalue weighted by Crippen LogP contribution is -2.19. The molecule has 0 saturated carbocycles. The van der Waals surface area contributed by atoms with Gasteiger partial charge in [-0.15, -0.1) is 6.42 Å². The fraction of sp³-hybridized carbons (Fsp3) is 0.100. The van der Waals surface area contributed by atoms with E-state index in [1.807, 2.05) is 0 Å². The molecule has 0 aliphatic rings. The minimum absolute atomic E-state index is 0.150. The quantitative estimate of drug-likeness (QED) is 0.703. The van der Waals surface area contributed by atoms with Crippen molar-refractivity contribution >= 4 is 11.7 Å². The average Bonchev–Trinajstić information content (AvgIpc) is 2.16. The molecule has 0 heterocycles. The van der Waals surface area contributed by atoms with Crippen molar-refractivity contribution in [2.45, 2.75) is 0 Å². The van der Waals surface area contributed by atoms with E-state index >= 15 is 0 Å². The molecule has 0 radical (unpaired) electrons. The van der Waals surface area contributed by atoms with Gasteiger partial charge in [0.2, 0.25) is 0 Å². The summed E-state index contributed by atoms with van der Waals surface area (Å²) in [6.45, 7) is 0.150. The normalized spacial score (nSPS) is 8.79. The molecule has 72 valence electrons. The summed E-state index contributed by atoms with van der Waals surface area (Å²) in [6, 6.07) is 6.27. The van der Waals surface area contributed by atoms with Crippen LogP contribution in [0.15, 0.2) is 24.3 Å². The predicted octanol–water partition coefficient (Wildman–Crippen LogP) is 1.19. The zero-order valence-corrected chi connectivity index (χ0v) is 7.49. The summed E-state index contributed by atoms with van der Waals surface area (Å²) in [5.41, 5.74) is 5.49. The third kappa shape index (κ3) is 2.72. The van der Waals surface area contributed by atoms with Gasteiger partial charge < -0.3 is 15.8 Å². The van der Waals surface area contributed by atoms with E-state index in [0.717, 1.165) is 0 Å². The van der Waals surface area contributed by atoms with Gasteiger partial charge in [-0.25, -0.2) is 4.79 Å². The lowest BCUT2D eigenvalue weighted by Gasteiger charge is -2.08. The number of carbonyl (C=O) groups excluding carboxylic acids is 1. The second kappa shape index (κ2) is 4.77. The van der Waals surface area contributed by atoms with Gasteiger partial charge in [-0.2, -0.15) is 0 Å². The van der Waals surface area contributed by atoms with Gasteiger partial charge in [0.15, 0.2) is 0 Å². The molecule has 0 atom stereocenters. The molecule has 4 nitrogen and oxygen atoms in total. The number of rotatable bonds is 3. The van der Waals surface area contributed by atoms with Crippen molar-refractivity contribution in [3.8, 4) is 18.1 Å². The molecular weight excluding hydrogens is 180 g/mol. The van der Waals surface area contributed by atoms with Crippen LogP contribution in [-0.4, -0.2) is 12.6 Å². The van der Waals surface area contributed by atoms with Crippen molar-refractivity contribution in [3.05, 3.63) is 24.3 Å². The summed E-state index contributed by atoms with van der Waals surface area (Å²) < 4.78 is 5.18. The van der Waals surface area contributed by atoms with E-state index in [0.29, 0.717) is 11.4 Å². The summed E-state index contributed by atoms with van der Waals surface area (Å²) >= 11 is 0. The Morgan fingerprint density at radius 1 is 1.57 bits per heavy atom. The Balaban J connectivity index is 2.81. The number of urea groups is 1. The highest BCUT2D eigenvalue weighted by atomic mass is 16.5. The molecule has 3 N–H and O–H groups in total. The Morgan fingerprint density at radius 3 is 2.93 bits per heavy atom. The second-order valence-electron chi connectivity index (χ2n) is 2.48. The van der Waals surface area contributed by atoms with Crippen LogP contribution in [0, 0.1) is 12.3 Å². The number of nitrogens with two attached hydrogens (primary N) is 1. The van der Waals surface area contributed by atoms with Crippen LogP contribution in [0.25, 0.3) is 0 Å². The summed E-state index contributed by atoms with van der Waals surface area (Å²) in [6.07, 6.45) is 5.04. The molecule has 0 aliphatic heterocycles. The molecule has 0 unspecified atom stereocenters. The molecule has 0 aliphatic carbocycles. The van der Waals surface area contributed by atoms with Gasteiger partial charge in [-0.3, -0.25) is 0 Å². The van der Waals surface area contributed by atoms with E-state index < -0.39 is 6.03 Å². The summed E-state index contributed by atoms with van der Waals surface area (Å²) in [5.74, 6) is 2.83. The van der Waals surface area contributed by atoms with Crippen LogP contribution in [0.5, 0.6) is 5.75 Å². The van der Waals surface area contributed by atoms with E-state index in [1.54, 1.807) is 24.3 Å². The lowest BCUT2D eigenvalue weighted by atomic mass is 10.3. The number of terminal acetylenes is 1. The predicted molar refractivity (Wildman–Crippen MR) is 54.0 cm³/mol. The van der Waals surface area contributed by atoms with Crippen LogP contribution in [0.3, 0.4) is 0 Å². The molecule has 0 bridgehead atoms. The van der Waals surface area contributed by atoms with Crippen molar-refractivity contribution in [3.63, 3.8) is 0 Å². The first-order chi connectivity index (χ1) is 6.74. The number of hydrogen-bond donors (Lipinski definition) is 2. The third-order valence-electron chi connectivity index (χ3n) is 1.46. The molecule has 0 spiro atoms. The van der Waals surface area contributed by atoms with E-state index in [4.69, 9.17) is 16.9 Å². The van der Waals surface area contributed by atoms with Gasteiger partial charge in [0, 0.05) is 0 Å². The molecular formula is C10H10N2O2. The Bertz CT molecular complexity index is 369. The van der Waals surface area contributed by atoms with Crippen LogP contribution in [-0.2, 0) is 0 Å². The molecule has 1 aromatic rings.